The van der Waals surface area contributed by atoms with Crippen LogP contribution in [-0.2, 0) is 11.3 Å². The minimum atomic E-state index is -0.306. The van der Waals surface area contributed by atoms with Crippen molar-refractivity contribution >= 4 is 17.4 Å². The number of carbonyl (C=O) groups is 1. The molecular weight excluding hydrogens is 346 g/mol. The van der Waals surface area contributed by atoms with Crippen LogP contribution in [0.2, 0.25) is 0 Å². The molecule has 0 unspecified atom stereocenters. The Bertz CT molecular complexity index is 1170. The van der Waals surface area contributed by atoms with Crippen LogP contribution < -0.4 is 10.9 Å². The van der Waals surface area contributed by atoms with E-state index in [9.17, 15) is 9.59 Å². The first-order chi connectivity index (χ1) is 13.0. The summed E-state index contributed by atoms with van der Waals surface area (Å²) in [5.74, 6) is 0.440. The second kappa shape index (κ2) is 6.52. The third-order valence-corrected chi connectivity index (χ3v) is 4.19. The van der Waals surface area contributed by atoms with E-state index < -0.39 is 0 Å². The third-order valence-electron chi connectivity index (χ3n) is 4.19. The number of H-pyrrole nitrogens is 1. The first kappa shape index (κ1) is 16.7. The van der Waals surface area contributed by atoms with Crippen molar-refractivity contribution in [1.29, 1.82) is 0 Å². The third kappa shape index (κ3) is 3.22. The summed E-state index contributed by atoms with van der Waals surface area (Å²) in [6.45, 7) is 3.74. The summed E-state index contributed by atoms with van der Waals surface area (Å²) in [5.41, 5.74) is 2.80. The van der Waals surface area contributed by atoms with Crippen LogP contribution in [0, 0.1) is 13.8 Å². The van der Waals surface area contributed by atoms with Gasteiger partial charge in [-0.25, -0.2) is 0 Å². The Labute approximate surface area is 153 Å². The quantitative estimate of drug-likeness (QED) is 0.571. The van der Waals surface area contributed by atoms with Crippen LogP contribution in [0.3, 0.4) is 0 Å². The summed E-state index contributed by atoms with van der Waals surface area (Å²) >= 11 is 0. The molecule has 0 bridgehead atoms. The fraction of sp³-hybridized carbons (Fsp3) is 0.167. The Morgan fingerprint density at radius 2 is 2.00 bits per heavy atom. The Morgan fingerprint density at radius 1 is 1.22 bits per heavy atom. The molecule has 2 N–H and O–H groups in total. The van der Waals surface area contributed by atoms with Gasteiger partial charge in [0.25, 0.3) is 5.56 Å². The molecule has 27 heavy (non-hydrogen) atoms. The number of aryl methyl sites for hydroxylation is 2. The summed E-state index contributed by atoms with van der Waals surface area (Å²) in [6.07, 6.45) is 3.21. The van der Waals surface area contributed by atoms with Gasteiger partial charge in [0.05, 0.1) is 11.8 Å². The van der Waals surface area contributed by atoms with Crippen LogP contribution in [-0.4, -0.2) is 35.3 Å². The fourth-order valence-corrected chi connectivity index (χ4v) is 2.77. The second-order valence-electron chi connectivity index (χ2n) is 6.26. The standard InChI is InChI=1S/C18H17N7O2/c1-11-3-5-14(6-4-11)21-15(26)10-24-12(2)7-16(27)25-18(24)22-17(23-25)13-8-19-20-9-13/h3-9H,10H2,1-2H3,(H,19,20)(H,21,26). The molecule has 0 radical (unpaired) electrons. The van der Waals surface area contributed by atoms with Gasteiger partial charge in [-0.1, -0.05) is 17.7 Å². The number of aromatic nitrogens is 6. The first-order valence-electron chi connectivity index (χ1n) is 8.34. The molecule has 0 saturated heterocycles. The number of benzene rings is 1. The summed E-state index contributed by atoms with van der Waals surface area (Å²) in [6, 6.07) is 8.96. The van der Waals surface area contributed by atoms with Crippen LogP contribution >= 0.6 is 0 Å². The Kier molecular flexibility index (Phi) is 4.03. The van der Waals surface area contributed by atoms with Gasteiger partial charge in [0.15, 0.2) is 5.82 Å². The van der Waals surface area contributed by atoms with Gasteiger partial charge in [0.1, 0.15) is 6.54 Å². The normalized spacial score (nSPS) is 11.0. The van der Waals surface area contributed by atoms with Crippen molar-refractivity contribution in [2.75, 3.05) is 5.32 Å². The molecule has 3 heterocycles. The number of aromatic amines is 1. The van der Waals surface area contributed by atoms with Crippen LogP contribution in [0.25, 0.3) is 17.2 Å². The number of amides is 1. The molecule has 4 rings (SSSR count). The SMILES string of the molecule is Cc1ccc(NC(=O)Cn2c(C)cc(=O)n3nc(-c4cn[nH]c4)nc23)cc1. The molecule has 0 aliphatic carbocycles. The second-order valence-corrected chi connectivity index (χ2v) is 6.26. The molecule has 0 aliphatic rings. The molecule has 1 aromatic carbocycles. The average Bonchev–Trinajstić information content (AvgIpc) is 3.30. The van der Waals surface area contributed by atoms with Crippen molar-refractivity contribution < 1.29 is 4.79 Å². The predicted octanol–water partition coefficient (Wildman–Crippen LogP) is 1.54. The van der Waals surface area contributed by atoms with Gasteiger partial charge in [-0.15, -0.1) is 5.10 Å². The Morgan fingerprint density at radius 3 is 2.70 bits per heavy atom. The lowest BCUT2D eigenvalue weighted by molar-refractivity contribution is -0.116. The van der Waals surface area contributed by atoms with E-state index in [4.69, 9.17) is 0 Å². The topological polar surface area (TPSA) is 110 Å². The number of carbonyl (C=O) groups excluding carboxylic acids is 1. The van der Waals surface area contributed by atoms with Crippen LogP contribution in [0.15, 0.2) is 47.5 Å². The van der Waals surface area contributed by atoms with Crippen molar-refractivity contribution in [2.24, 2.45) is 0 Å². The summed E-state index contributed by atoms with van der Waals surface area (Å²) < 4.78 is 2.84. The molecule has 136 valence electrons. The molecule has 0 aliphatic heterocycles. The van der Waals surface area contributed by atoms with Crippen molar-refractivity contribution in [1.82, 2.24) is 29.4 Å². The van der Waals surface area contributed by atoms with Crippen molar-refractivity contribution in [3.8, 4) is 11.4 Å². The van der Waals surface area contributed by atoms with Gasteiger partial charge in [0.2, 0.25) is 11.7 Å². The number of nitrogens with zero attached hydrogens (tertiary/aromatic N) is 5. The molecule has 0 fully saturated rings. The lowest BCUT2D eigenvalue weighted by Gasteiger charge is -2.11. The van der Waals surface area contributed by atoms with E-state index in [0.29, 0.717) is 28.5 Å². The monoisotopic (exact) mass is 363 g/mol. The van der Waals surface area contributed by atoms with Gasteiger partial charge in [-0.05, 0) is 26.0 Å². The van der Waals surface area contributed by atoms with E-state index in [1.54, 1.807) is 23.9 Å². The first-order valence-corrected chi connectivity index (χ1v) is 8.34. The largest absolute Gasteiger partial charge is 0.325 e. The summed E-state index contributed by atoms with van der Waals surface area (Å²) in [7, 11) is 0. The summed E-state index contributed by atoms with van der Waals surface area (Å²) in [4.78, 5) is 29.2. The zero-order valence-electron chi connectivity index (χ0n) is 14.8. The summed E-state index contributed by atoms with van der Waals surface area (Å²) in [5, 5.41) is 13.6. The highest BCUT2D eigenvalue weighted by Gasteiger charge is 2.16. The highest BCUT2D eigenvalue weighted by atomic mass is 16.2. The zero-order chi connectivity index (χ0) is 19.0. The number of hydrogen-bond acceptors (Lipinski definition) is 5. The molecule has 3 aromatic heterocycles. The molecule has 0 saturated carbocycles. The maximum absolute atomic E-state index is 12.5. The number of rotatable bonds is 4. The maximum Gasteiger partial charge on any atom is 0.275 e. The highest BCUT2D eigenvalue weighted by Crippen LogP contribution is 2.14. The van der Waals surface area contributed by atoms with Gasteiger partial charge >= 0.3 is 0 Å². The van der Waals surface area contributed by atoms with E-state index in [1.165, 1.54) is 10.6 Å². The average molecular weight is 363 g/mol. The van der Waals surface area contributed by atoms with Crippen molar-refractivity contribution in [3.63, 3.8) is 0 Å². The number of anilines is 1. The molecular formula is C18H17N7O2. The van der Waals surface area contributed by atoms with Crippen molar-refractivity contribution in [2.45, 2.75) is 20.4 Å². The molecule has 0 spiro atoms. The van der Waals surface area contributed by atoms with E-state index in [0.717, 1.165) is 5.56 Å². The Hall–Kier alpha value is -3.75. The molecule has 9 heteroatoms. The lowest BCUT2D eigenvalue weighted by Crippen LogP contribution is -2.25. The predicted molar refractivity (Wildman–Crippen MR) is 99.4 cm³/mol. The van der Waals surface area contributed by atoms with E-state index in [2.05, 4.69) is 25.6 Å². The molecule has 0 atom stereocenters. The van der Waals surface area contributed by atoms with Gasteiger partial charge in [0, 0.05) is 23.6 Å². The molecule has 9 nitrogen and oxygen atoms in total. The number of nitrogens with one attached hydrogen (secondary N) is 2. The van der Waals surface area contributed by atoms with Gasteiger partial charge < -0.3 is 9.88 Å². The number of fused-ring (bicyclic) bond motifs is 1. The van der Waals surface area contributed by atoms with Gasteiger partial charge in [-0.3, -0.25) is 14.7 Å². The van der Waals surface area contributed by atoms with Gasteiger partial charge in [-0.2, -0.15) is 14.6 Å². The smallest absolute Gasteiger partial charge is 0.275 e. The Balaban J connectivity index is 1.69. The number of hydrogen-bond donors (Lipinski definition) is 2. The highest BCUT2D eigenvalue weighted by molar-refractivity contribution is 5.90. The maximum atomic E-state index is 12.5. The van der Waals surface area contributed by atoms with Crippen LogP contribution in [0.4, 0.5) is 5.69 Å². The minimum Gasteiger partial charge on any atom is -0.325 e. The van der Waals surface area contributed by atoms with Crippen LogP contribution in [0.1, 0.15) is 11.3 Å². The minimum absolute atomic E-state index is 0.00695. The van der Waals surface area contributed by atoms with E-state index in [-0.39, 0.29) is 18.0 Å². The van der Waals surface area contributed by atoms with Crippen LogP contribution in [0.5, 0.6) is 0 Å². The molecule has 1 amide bonds. The lowest BCUT2D eigenvalue weighted by atomic mass is 10.2. The van der Waals surface area contributed by atoms with E-state index in [1.807, 2.05) is 31.2 Å². The van der Waals surface area contributed by atoms with E-state index >= 15 is 0 Å². The fourth-order valence-electron chi connectivity index (χ4n) is 2.77. The van der Waals surface area contributed by atoms with Crippen molar-refractivity contribution in [3.05, 3.63) is 64.3 Å². The zero-order valence-corrected chi connectivity index (χ0v) is 14.8. The molecule has 4 aromatic rings.